The molecule has 148 valence electrons. The molecule has 1 aromatic rings. The van der Waals surface area contributed by atoms with Gasteiger partial charge in [0.1, 0.15) is 6.10 Å². The molecule has 2 aliphatic rings. The van der Waals surface area contributed by atoms with Gasteiger partial charge in [0.2, 0.25) is 0 Å². The van der Waals surface area contributed by atoms with Crippen LogP contribution < -0.4 is 9.47 Å². The van der Waals surface area contributed by atoms with E-state index in [1.165, 1.54) is 0 Å². The molecule has 2 heterocycles. The van der Waals surface area contributed by atoms with E-state index in [0.29, 0.717) is 44.8 Å². The topological polar surface area (TPSA) is 68.2 Å². The van der Waals surface area contributed by atoms with Crippen molar-refractivity contribution >= 4 is 21.9 Å². The fourth-order valence-electron chi connectivity index (χ4n) is 3.59. The van der Waals surface area contributed by atoms with Crippen LogP contribution in [-0.4, -0.2) is 55.0 Å². The normalized spacial score (nSPS) is 23.3. The Morgan fingerprint density at radius 1 is 1.44 bits per heavy atom. The van der Waals surface area contributed by atoms with Gasteiger partial charge in [-0.25, -0.2) is 0 Å². The molecule has 2 aliphatic heterocycles. The highest BCUT2D eigenvalue weighted by Crippen LogP contribution is 2.44. The molecule has 0 saturated heterocycles. The minimum atomic E-state index is -0.563. The van der Waals surface area contributed by atoms with Crippen LogP contribution in [0.3, 0.4) is 0 Å². The summed E-state index contributed by atoms with van der Waals surface area (Å²) in [7, 11) is 1.63. The van der Waals surface area contributed by atoms with Gasteiger partial charge in [-0.05, 0) is 18.6 Å². The van der Waals surface area contributed by atoms with E-state index in [1.807, 2.05) is 19.1 Å². The molecule has 1 aromatic carbocycles. The van der Waals surface area contributed by atoms with Gasteiger partial charge in [-0.2, -0.15) is 0 Å². The predicted molar refractivity (Wildman–Crippen MR) is 105 cm³/mol. The summed E-state index contributed by atoms with van der Waals surface area (Å²) in [5.41, 5.74) is 2.25. The fourth-order valence-corrected chi connectivity index (χ4v) is 4.16. The van der Waals surface area contributed by atoms with E-state index in [0.717, 1.165) is 27.8 Å². The van der Waals surface area contributed by atoms with E-state index in [4.69, 9.17) is 14.2 Å². The lowest BCUT2D eigenvalue weighted by atomic mass is 10.00. The van der Waals surface area contributed by atoms with Crippen molar-refractivity contribution in [2.75, 3.05) is 26.8 Å². The number of hydrogen-bond acceptors (Lipinski definition) is 6. The fraction of sp³-hybridized carbons (Fsp3) is 0.550. The van der Waals surface area contributed by atoms with Crippen molar-refractivity contribution in [2.45, 2.75) is 44.9 Å². The number of hydrogen-bond donors (Lipinski definition) is 1. The number of benzene rings is 1. The minimum Gasteiger partial charge on any atom is -0.493 e. The molecule has 2 atom stereocenters. The van der Waals surface area contributed by atoms with Crippen molar-refractivity contribution in [3.05, 3.63) is 33.8 Å². The summed E-state index contributed by atoms with van der Waals surface area (Å²) in [5.74, 6) is 1.27. The Hall–Kier alpha value is -1.57. The second-order valence-corrected chi connectivity index (χ2v) is 7.67. The van der Waals surface area contributed by atoms with E-state index < -0.39 is 6.10 Å². The van der Waals surface area contributed by atoms with Crippen molar-refractivity contribution in [1.82, 2.24) is 4.90 Å². The molecule has 3 rings (SSSR count). The second kappa shape index (κ2) is 9.08. The molecule has 2 bridgehead atoms. The number of aliphatic hydroxyl groups is 1. The van der Waals surface area contributed by atoms with Crippen LogP contribution in [0.2, 0.25) is 0 Å². The minimum absolute atomic E-state index is 0.0762. The lowest BCUT2D eigenvalue weighted by molar-refractivity contribution is -0.143. The molecule has 7 heteroatoms. The summed E-state index contributed by atoms with van der Waals surface area (Å²) < 4.78 is 17.6. The summed E-state index contributed by atoms with van der Waals surface area (Å²) in [6, 6.07) is 1.93. The van der Waals surface area contributed by atoms with Gasteiger partial charge in [0.25, 0.3) is 0 Å². The summed E-state index contributed by atoms with van der Waals surface area (Å²) in [5, 5.41) is 10.3. The van der Waals surface area contributed by atoms with Crippen LogP contribution in [0.1, 0.15) is 30.9 Å². The van der Waals surface area contributed by atoms with Crippen molar-refractivity contribution in [3.8, 4) is 11.5 Å². The number of methoxy groups -OCH3 is 1. The largest absolute Gasteiger partial charge is 0.493 e. The van der Waals surface area contributed by atoms with Crippen molar-refractivity contribution < 1.29 is 24.1 Å². The molecule has 0 spiro atoms. The molecule has 0 aromatic heterocycles. The summed E-state index contributed by atoms with van der Waals surface area (Å²) in [4.78, 5) is 13.9. The van der Waals surface area contributed by atoms with Crippen LogP contribution in [0.25, 0.3) is 0 Å². The van der Waals surface area contributed by atoms with Crippen LogP contribution in [0, 0.1) is 0 Å². The number of carbonyl (C=O) groups is 1. The Bertz CT molecular complexity index is 721. The third-order valence-electron chi connectivity index (χ3n) is 4.89. The molecule has 1 N–H and O–H groups in total. The van der Waals surface area contributed by atoms with E-state index in [-0.39, 0.29) is 12.1 Å². The molecule has 27 heavy (non-hydrogen) atoms. The number of esters is 1. The van der Waals surface area contributed by atoms with E-state index in [2.05, 4.69) is 20.8 Å². The number of fused-ring (bicyclic) bond motifs is 1. The number of halogens is 1. The monoisotopic (exact) mass is 439 g/mol. The quantitative estimate of drug-likeness (QED) is 0.561. The summed E-state index contributed by atoms with van der Waals surface area (Å²) in [6.07, 6.45) is 4.73. The zero-order valence-corrected chi connectivity index (χ0v) is 17.3. The first-order chi connectivity index (χ1) is 13.0. The maximum absolute atomic E-state index is 11.8. The lowest BCUT2D eigenvalue weighted by Gasteiger charge is -2.23. The smallest absolute Gasteiger partial charge is 0.307 e. The number of aliphatic hydroxyl groups excluding tert-OH is 1. The highest BCUT2D eigenvalue weighted by Gasteiger charge is 2.32. The molecular weight excluding hydrogens is 414 g/mol. The zero-order valence-electron chi connectivity index (χ0n) is 15.7. The van der Waals surface area contributed by atoms with Gasteiger partial charge in [0.05, 0.1) is 26.2 Å². The van der Waals surface area contributed by atoms with Crippen LogP contribution in [0.5, 0.6) is 11.5 Å². The highest BCUT2D eigenvalue weighted by atomic mass is 79.9. The average Bonchev–Trinajstić information content (AvgIpc) is 3.03. The first-order valence-electron chi connectivity index (χ1n) is 9.29. The molecular formula is C20H26BrNO5. The van der Waals surface area contributed by atoms with E-state index >= 15 is 0 Å². The molecule has 0 aliphatic carbocycles. The van der Waals surface area contributed by atoms with Gasteiger partial charge < -0.3 is 19.3 Å². The van der Waals surface area contributed by atoms with Gasteiger partial charge in [-0.1, -0.05) is 28.1 Å². The van der Waals surface area contributed by atoms with Crippen LogP contribution in [-0.2, 0) is 22.5 Å². The van der Waals surface area contributed by atoms with Gasteiger partial charge >= 0.3 is 5.97 Å². The van der Waals surface area contributed by atoms with Crippen LogP contribution in [0.4, 0.5) is 0 Å². The Morgan fingerprint density at radius 2 is 2.26 bits per heavy atom. The van der Waals surface area contributed by atoms with Crippen molar-refractivity contribution in [2.24, 2.45) is 0 Å². The lowest BCUT2D eigenvalue weighted by Crippen LogP contribution is -2.27. The SMILES string of the molecule is CCOC(=O)CCN1C/C=C/[C@H](O)CC2Cc3c(c(Br)cc(OC)c3O2)C1. The number of nitrogens with zero attached hydrogens (tertiary/aromatic N) is 1. The maximum Gasteiger partial charge on any atom is 0.307 e. The number of rotatable bonds is 5. The molecule has 1 unspecified atom stereocenters. The Kier molecular flexibility index (Phi) is 6.78. The number of ether oxygens (including phenoxy) is 3. The van der Waals surface area contributed by atoms with E-state index in [1.54, 1.807) is 13.2 Å². The summed E-state index contributed by atoms with van der Waals surface area (Å²) >= 11 is 3.67. The number of carbonyl (C=O) groups excluding carboxylic acids is 1. The Morgan fingerprint density at radius 3 is 3.00 bits per heavy atom. The molecule has 0 amide bonds. The Labute approximate surface area is 168 Å². The molecule has 6 nitrogen and oxygen atoms in total. The highest BCUT2D eigenvalue weighted by molar-refractivity contribution is 9.10. The van der Waals surface area contributed by atoms with Gasteiger partial charge in [0, 0.05) is 42.5 Å². The molecule has 0 radical (unpaired) electrons. The van der Waals surface area contributed by atoms with Crippen molar-refractivity contribution in [3.63, 3.8) is 0 Å². The predicted octanol–water partition coefficient (Wildman–Crippen LogP) is 2.84. The van der Waals surface area contributed by atoms with Crippen LogP contribution >= 0.6 is 15.9 Å². The van der Waals surface area contributed by atoms with Crippen LogP contribution in [0.15, 0.2) is 22.7 Å². The molecule has 0 saturated carbocycles. The third-order valence-corrected chi connectivity index (χ3v) is 5.60. The molecule has 0 fully saturated rings. The standard InChI is InChI=1S/C20H26BrNO5/c1-3-26-19(24)6-8-22-7-4-5-13(23)9-14-10-15-16(12-22)17(21)11-18(25-2)20(15)27-14/h4-5,11,13-14,23H,3,6-10,12H2,1-2H3/b5-4+/t13-,14?/m0/s1. The average molecular weight is 440 g/mol. The van der Waals surface area contributed by atoms with E-state index in [9.17, 15) is 9.90 Å². The second-order valence-electron chi connectivity index (χ2n) is 6.81. The first kappa shape index (κ1) is 20.2. The zero-order chi connectivity index (χ0) is 19.4. The summed E-state index contributed by atoms with van der Waals surface area (Å²) in [6.45, 7) is 4.10. The van der Waals surface area contributed by atoms with Crippen molar-refractivity contribution in [1.29, 1.82) is 0 Å². The van der Waals surface area contributed by atoms with Gasteiger partial charge in [-0.3, -0.25) is 9.69 Å². The first-order valence-corrected chi connectivity index (χ1v) is 10.1. The maximum atomic E-state index is 11.8. The Balaban J connectivity index is 1.89. The van der Waals surface area contributed by atoms with Gasteiger partial charge in [0.15, 0.2) is 11.5 Å². The van der Waals surface area contributed by atoms with Gasteiger partial charge in [-0.15, -0.1) is 0 Å². The third kappa shape index (κ3) is 4.83.